The largest absolute Gasteiger partial charge is 0.507 e. The first-order chi connectivity index (χ1) is 29.5. The van der Waals surface area contributed by atoms with Crippen LogP contribution in [0, 0.1) is 0 Å². The van der Waals surface area contributed by atoms with Crippen LogP contribution in [0.25, 0.3) is 21.5 Å². The quantitative estimate of drug-likeness (QED) is 0.0316. The Bertz CT molecular complexity index is 3560. The number of hydrogen-bond acceptors (Lipinski definition) is 17. The van der Waals surface area contributed by atoms with Gasteiger partial charge in [0.25, 0.3) is 40.5 Å². The molecule has 324 valence electrons. The molecule has 7 aromatic carbocycles. The second-order valence-electron chi connectivity index (χ2n) is 13.3. The minimum atomic E-state index is -5.15. The number of nitrogen functional groups attached to an aromatic ring is 1. The Kier molecular flexibility index (Phi) is 11.4. The van der Waals surface area contributed by atoms with Crippen molar-refractivity contribution < 1.29 is 62.1 Å². The third-order valence-electron chi connectivity index (χ3n) is 9.06. The molecule has 7 aromatic rings. The number of phenols is 2. The highest BCUT2D eigenvalue weighted by atomic mass is 32.2. The van der Waals surface area contributed by atoms with Crippen LogP contribution in [0.3, 0.4) is 0 Å². The van der Waals surface area contributed by atoms with E-state index >= 15 is 0 Å². The van der Waals surface area contributed by atoms with Gasteiger partial charge in [0.15, 0.2) is 5.75 Å². The lowest BCUT2D eigenvalue weighted by Crippen LogP contribution is -2.04. The van der Waals surface area contributed by atoms with Crippen LogP contribution in [0.1, 0.15) is 0 Å². The SMILES string of the molecule is Nc1ccc(Nc2ccc3c(O)c(N=Nc4ccc(N=Nc5c(Nc6ccccc6)ccc6c(O)cc(S(=O)(=O)O)cc56)c(S(=O)(=O)O)c4)c(S(=O)(=O)O)cc3c2)cc1S(=O)(=O)O. The number of nitrogens with one attached hydrogen (secondary N) is 2. The van der Waals surface area contributed by atoms with E-state index < -0.39 is 82.9 Å². The number of anilines is 5. The Balaban J connectivity index is 1.28. The van der Waals surface area contributed by atoms with Crippen molar-refractivity contribution in [1.82, 2.24) is 0 Å². The zero-order chi connectivity index (χ0) is 45.6. The highest BCUT2D eigenvalue weighted by Gasteiger charge is 2.24. The zero-order valence-electron chi connectivity index (χ0n) is 31.4. The molecule has 21 nitrogen and oxygen atoms in total. The van der Waals surface area contributed by atoms with Gasteiger partial charge >= 0.3 is 0 Å². The van der Waals surface area contributed by atoms with E-state index in [0.29, 0.717) is 5.69 Å². The van der Waals surface area contributed by atoms with E-state index in [-0.39, 0.29) is 55.7 Å². The highest BCUT2D eigenvalue weighted by Crippen LogP contribution is 2.44. The number of azo groups is 2. The Hall–Kier alpha value is -7.10. The van der Waals surface area contributed by atoms with Crippen LogP contribution >= 0.6 is 0 Å². The number of para-hydroxylation sites is 1. The molecule has 0 aliphatic heterocycles. The van der Waals surface area contributed by atoms with Gasteiger partial charge in [-0.25, -0.2) is 0 Å². The molecule has 0 spiro atoms. The summed E-state index contributed by atoms with van der Waals surface area (Å²) in [5.74, 6) is -1.35. The molecule has 25 heteroatoms. The summed E-state index contributed by atoms with van der Waals surface area (Å²) >= 11 is 0. The number of phenolic OH excluding ortho intramolecular Hbond substituents is 2. The summed E-state index contributed by atoms with van der Waals surface area (Å²) in [4.78, 5) is -3.11. The van der Waals surface area contributed by atoms with E-state index in [4.69, 9.17) is 5.73 Å². The van der Waals surface area contributed by atoms with Gasteiger partial charge in [-0.05, 0) is 96.4 Å². The first-order valence-electron chi connectivity index (χ1n) is 17.4. The number of rotatable bonds is 12. The Morgan fingerprint density at radius 2 is 1.11 bits per heavy atom. The van der Waals surface area contributed by atoms with E-state index in [9.17, 15) is 62.1 Å². The Morgan fingerprint density at radius 1 is 0.476 bits per heavy atom. The van der Waals surface area contributed by atoms with Crippen LogP contribution in [0.4, 0.5) is 51.2 Å². The Morgan fingerprint density at radius 3 is 1.78 bits per heavy atom. The molecule has 0 unspecified atom stereocenters. The van der Waals surface area contributed by atoms with Gasteiger partial charge < -0.3 is 26.6 Å². The average molecular weight is 936 g/mol. The Labute approximate surface area is 356 Å². The predicted molar refractivity (Wildman–Crippen MR) is 229 cm³/mol. The highest BCUT2D eigenvalue weighted by molar-refractivity contribution is 7.86. The van der Waals surface area contributed by atoms with E-state index in [1.165, 1.54) is 42.5 Å². The van der Waals surface area contributed by atoms with Gasteiger partial charge in [-0.1, -0.05) is 18.2 Å². The number of nitrogens with two attached hydrogens (primary N) is 1. The fraction of sp³-hybridized carbons (Fsp3) is 0. The second kappa shape index (κ2) is 16.3. The fourth-order valence-electron chi connectivity index (χ4n) is 6.20. The number of nitrogens with zero attached hydrogens (tertiary/aromatic N) is 4. The minimum absolute atomic E-state index is 0.0150. The molecule has 0 aliphatic rings. The lowest BCUT2D eigenvalue weighted by atomic mass is 10.1. The van der Waals surface area contributed by atoms with Crippen molar-refractivity contribution in [2.24, 2.45) is 20.5 Å². The summed E-state index contributed by atoms with van der Waals surface area (Å²) in [6, 6.07) is 24.8. The van der Waals surface area contributed by atoms with Crippen LogP contribution in [0.15, 0.2) is 155 Å². The summed E-state index contributed by atoms with van der Waals surface area (Å²) in [6.45, 7) is 0. The molecule has 10 N–H and O–H groups in total. The molecule has 0 heterocycles. The van der Waals surface area contributed by atoms with Gasteiger partial charge in [-0.3, -0.25) is 18.2 Å². The van der Waals surface area contributed by atoms with Gasteiger partial charge in [0.2, 0.25) is 0 Å². The normalized spacial score (nSPS) is 12.7. The monoisotopic (exact) mass is 935 g/mol. The van der Waals surface area contributed by atoms with Crippen molar-refractivity contribution in [3.05, 3.63) is 115 Å². The average Bonchev–Trinajstić information content (AvgIpc) is 3.19. The first kappa shape index (κ1) is 44.0. The maximum absolute atomic E-state index is 12.7. The molecule has 63 heavy (non-hydrogen) atoms. The van der Waals surface area contributed by atoms with Crippen molar-refractivity contribution in [2.45, 2.75) is 19.6 Å². The molecule has 0 saturated carbocycles. The molecule has 0 aromatic heterocycles. The number of fused-ring (bicyclic) bond motifs is 2. The predicted octanol–water partition coefficient (Wildman–Crippen LogP) is 8.29. The fourth-order valence-corrected chi connectivity index (χ4v) is 8.67. The molecular weight excluding hydrogens is 907 g/mol. The molecule has 0 bridgehead atoms. The van der Waals surface area contributed by atoms with E-state index in [1.807, 2.05) is 0 Å². The van der Waals surface area contributed by atoms with Crippen molar-refractivity contribution in [1.29, 1.82) is 0 Å². The van der Waals surface area contributed by atoms with Crippen LogP contribution in [0.2, 0.25) is 0 Å². The van der Waals surface area contributed by atoms with Crippen LogP contribution < -0.4 is 16.4 Å². The number of hydrogen-bond donors (Lipinski definition) is 9. The third-order valence-corrected chi connectivity index (χ3v) is 12.6. The summed E-state index contributed by atoms with van der Waals surface area (Å²) in [7, 11) is -19.8. The third kappa shape index (κ3) is 9.54. The van der Waals surface area contributed by atoms with Gasteiger partial charge in [-0.2, -0.15) is 38.8 Å². The molecule has 0 atom stereocenters. The van der Waals surface area contributed by atoms with Gasteiger partial charge in [0, 0.05) is 39.3 Å². The summed E-state index contributed by atoms with van der Waals surface area (Å²) < 4.78 is 138. The summed E-state index contributed by atoms with van der Waals surface area (Å²) in [5, 5.41) is 43.6. The van der Waals surface area contributed by atoms with Gasteiger partial charge in [0.05, 0.1) is 22.0 Å². The lowest BCUT2D eigenvalue weighted by Gasteiger charge is -2.13. The maximum atomic E-state index is 12.7. The van der Waals surface area contributed by atoms with Crippen molar-refractivity contribution in [2.75, 3.05) is 16.4 Å². The van der Waals surface area contributed by atoms with Crippen molar-refractivity contribution >= 4 is 113 Å². The van der Waals surface area contributed by atoms with Crippen LogP contribution in [-0.2, 0) is 40.5 Å². The topological polar surface area (TPSA) is 357 Å². The molecule has 7 rings (SSSR count). The zero-order valence-corrected chi connectivity index (χ0v) is 34.7. The molecule has 0 fully saturated rings. The summed E-state index contributed by atoms with van der Waals surface area (Å²) in [6.07, 6.45) is 0. The smallest absolute Gasteiger partial charge is 0.296 e. The van der Waals surface area contributed by atoms with E-state index in [2.05, 4.69) is 31.1 Å². The van der Waals surface area contributed by atoms with Gasteiger partial charge in [0.1, 0.15) is 37.5 Å². The molecular formula is C38H29N7O14S4. The lowest BCUT2D eigenvalue weighted by molar-refractivity contribution is 0.471. The first-order valence-corrected chi connectivity index (χ1v) is 23.2. The summed E-state index contributed by atoms with van der Waals surface area (Å²) in [5.41, 5.74) is 4.72. The number of aromatic hydroxyl groups is 2. The molecule has 0 aliphatic carbocycles. The van der Waals surface area contributed by atoms with Gasteiger partial charge in [-0.15, -0.1) is 15.3 Å². The molecule has 0 saturated heterocycles. The van der Waals surface area contributed by atoms with E-state index in [1.54, 1.807) is 30.3 Å². The van der Waals surface area contributed by atoms with Crippen LogP contribution in [-0.4, -0.2) is 62.1 Å². The van der Waals surface area contributed by atoms with E-state index in [0.717, 1.165) is 42.5 Å². The molecule has 0 radical (unpaired) electrons. The van der Waals surface area contributed by atoms with Crippen molar-refractivity contribution in [3.8, 4) is 11.5 Å². The number of benzene rings is 7. The standard InChI is InChI=1S/C38H29N7O14S4/c39-29-11-7-23(16-33(29)61(51,52)53)40-22-6-9-26-20(14-22)15-35(63(57,58)59)37(38(26)47)45-42-24-8-12-30(34(17-24)62(54,55)56)43-44-36-28-18-25(60(48,49)50)19-32(46)27(28)10-13-31(36)41-21-4-2-1-3-5-21/h1-19,40-41,46-47H,39H2,(H,48,49,50)(H,51,52,53)(H,54,55,56)(H,57,58,59). The minimum Gasteiger partial charge on any atom is -0.507 e. The maximum Gasteiger partial charge on any atom is 0.296 e. The molecule has 0 amide bonds. The second-order valence-corrected chi connectivity index (χ2v) is 18.9. The van der Waals surface area contributed by atoms with Crippen LogP contribution in [0.5, 0.6) is 11.5 Å². The van der Waals surface area contributed by atoms with Crippen molar-refractivity contribution in [3.63, 3.8) is 0 Å².